The number of aliphatic hydroxyl groups is 1. The Morgan fingerprint density at radius 2 is 1.95 bits per heavy atom. The molecule has 3 N–H and O–H groups in total. The van der Waals surface area contributed by atoms with E-state index in [0.717, 1.165) is 37.8 Å². The molecular formula is C29H41N5O4. The minimum Gasteiger partial charge on any atom is -0.488 e. The lowest BCUT2D eigenvalue weighted by Crippen LogP contribution is -2.49. The number of pyridine rings is 1. The number of likely N-dealkylation sites (N-methyl/N-ethyl adjacent to an activating group) is 1. The lowest BCUT2D eigenvalue weighted by Gasteiger charge is -2.38. The van der Waals surface area contributed by atoms with Crippen molar-refractivity contribution < 1.29 is 19.4 Å². The standard InChI is InChI=1S/C29H41N5O4/c1-20-16-34(21(2)19-35)28(36)25-15-24(32-29(37)31-23-7-5-4-6-8-23)9-10-26(25)38-27(20)18-33(3)17-22-11-13-30-14-12-22/h9-15,20-21,23,27,35H,4-8,16-19H2,1-3H3,(H2,31,32,37)/t20-,21-,27+/m1/s1. The van der Waals surface area contributed by atoms with E-state index in [-0.39, 0.29) is 42.7 Å². The number of fused-ring (bicyclic) bond motifs is 1. The number of nitrogens with one attached hydrogen (secondary N) is 2. The topological polar surface area (TPSA) is 107 Å². The Morgan fingerprint density at radius 3 is 2.66 bits per heavy atom. The lowest BCUT2D eigenvalue weighted by atomic mass is 9.96. The number of aromatic nitrogens is 1. The summed E-state index contributed by atoms with van der Waals surface area (Å²) < 4.78 is 6.48. The first-order chi connectivity index (χ1) is 18.3. The Labute approximate surface area is 225 Å². The zero-order valence-electron chi connectivity index (χ0n) is 22.7. The molecule has 0 radical (unpaired) electrons. The molecule has 0 saturated heterocycles. The Kier molecular flexibility index (Phi) is 9.58. The fraction of sp³-hybridized carbons (Fsp3) is 0.552. The smallest absolute Gasteiger partial charge is 0.319 e. The fourth-order valence-corrected chi connectivity index (χ4v) is 5.29. The first-order valence-corrected chi connectivity index (χ1v) is 13.7. The van der Waals surface area contributed by atoms with E-state index in [1.807, 2.05) is 26.1 Å². The van der Waals surface area contributed by atoms with Crippen LogP contribution in [0.4, 0.5) is 10.5 Å². The van der Waals surface area contributed by atoms with Gasteiger partial charge in [0.15, 0.2) is 0 Å². The highest BCUT2D eigenvalue weighted by atomic mass is 16.5. The summed E-state index contributed by atoms with van der Waals surface area (Å²) in [5, 5.41) is 15.8. The molecule has 1 aromatic heterocycles. The average molecular weight is 524 g/mol. The molecule has 206 valence electrons. The van der Waals surface area contributed by atoms with Crippen LogP contribution in [0.15, 0.2) is 42.7 Å². The number of hydrogen-bond donors (Lipinski definition) is 3. The summed E-state index contributed by atoms with van der Waals surface area (Å²) in [6.45, 7) is 5.64. The minimum atomic E-state index is -0.350. The summed E-state index contributed by atoms with van der Waals surface area (Å²) in [6.07, 6.45) is 8.85. The summed E-state index contributed by atoms with van der Waals surface area (Å²) in [7, 11) is 2.05. The van der Waals surface area contributed by atoms with Gasteiger partial charge in [0, 0.05) is 49.7 Å². The number of amides is 3. The van der Waals surface area contributed by atoms with Crippen LogP contribution in [0, 0.1) is 5.92 Å². The van der Waals surface area contributed by atoms with Gasteiger partial charge in [-0.05, 0) is 62.7 Å². The summed E-state index contributed by atoms with van der Waals surface area (Å²) >= 11 is 0. The molecule has 3 amide bonds. The average Bonchev–Trinajstić information content (AvgIpc) is 2.91. The maximum atomic E-state index is 13.7. The van der Waals surface area contributed by atoms with Crippen LogP contribution in [-0.4, -0.2) is 76.8 Å². The number of nitrogens with zero attached hydrogens (tertiary/aromatic N) is 3. The van der Waals surface area contributed by atoms with E-state index < -0.39 is 0 Å². The van der Waals surface area contributed by atoms with Crippen LogP contribution in [-0.2, 0) is 6.54 Å². The first kappa shape index (κ1) is 27.9. The number of urea groups is 1. The second-order valence-corrected chi connectivity index (χ2v) is 10.8. The third-order valence-corrected chi connectivity index (χ3v) is 7.56. The molecule has 9 nitrogen and oxygen atoms in total. The summed E-state index contributed by atoms with van der Waals surface area (Å²) in [6, 6.07) is 8.79. The van der Waals surface area contributed by atoms with E-state index >= 15 is 0 Å². The summed E-state index contributed by atoms with van der Waals surface area (Å²) in [5.41, 5.74) is 2.08. The van der Waals surface area contributed by atoms with Crippen molar-refractivity contribution in [1.29, 1.82) is 0 Å². The van der Waals surface area contributed by atoms with Crippen LogP contribution >= 0.6 is 0 Å². The predicted molar refractivity (Wildman–Crippen MR) is 147 cm³/mol. The number of anilines is 1. The van der Waals surface area contributed by atoms with Crippen LogP contribution < -0.4 is 15.4 Å². The van der Waals surface area contributed by atoms with E-state index in [2.05, 4.69) is 27.4 Å². The van der Waals surface area contributed by atoms with Crippen molar-refractivity contribution >= 4 is 17.6 Å². The second-order valence-electron chi connectivity index (χ2n) is 10.8. The van der Waals surface area contributed by atoms with Gasteiger partial charge in [-0.1, -0.05) is 26.2 Å². The maximum Gasteiger partial charge on any atom is 0.319 e. The lowest BCUT2D eigenvalue weighted by molar-refractivity contribution is 0.0341. The zero-order valence-corrected chi connectivity index (χ0v) is 22.7. The highest BCUT2D eigenvalue weighted by molar-refractivity contribution is 5.99. The highest BCUT2D eigenvalue weighted by Gasteiger charge is 2.33. The summed E-state index contributed by atoms with van der Waals surface area (Å²) in [5.74, 6) is 0.297. The quantitative estimate of drug-likeness (QED) is 0.485. The van der Waals surface area contributed by atoms with E-state index in [1.165, 1.54) is 6.42 Å². The van der Waals surface area contributed by atoms with Gasteiger partial charge in [-0.25, -0.2) is 4.79 Å². The molecule has 0 bridgehead atoms. The fourth-order valence-electron chi connectivity index (χ4n) is 5.29. The van der Waals surface area contributed by atoms with Gasteiger partial charge in [0.1, 0.15) is 11.9 Å². The third-order valence-electron chi connectivity index (χ3n) is 7.56. The number of aliphatic hydroxyl groups excluding tert-OH is 1. The second kappa shape index (κ2) is 13.1. The molecular weight excluding hydrogens is 482 g/mol. The molecule has 0 spiro atoms. The monoisotopic (exact) mass is 523 g/mol. The minimum absolute atomic E-state index is 0.0278. The van der Waals surface area contributed by atoms with Crippen LogP contribution in [0.2, 0.25) is 0 Å². The molecule has 1 aromatic carbocycles. The number of carbonyl (C=O) groups is 2. The third kappa shape index (κ3) is 7.23. The van der Waals surface area contributed by atoms with Crippen LogP contribution in [0.3, 0.4) is 0 Å². The van der Waals surface area contributed by atoms with Crippen molar-refractivity contribution in [3.05, 3.63) is 53.9 Å². The zero-order chi connectivity index (χ0) is 27.1. The van der Waals surface area contributed by atoms with Gasteiger partial charge in [-0.2, -0.15) is 0 Å². The molecule has 1 aliphatic carbocycles. The molecule has 2 heterocycles. The van der Waals surface area contributed by atoms with E-state index in [0.29, 0.717) is 30.1 Å². The number of benzene rings is 1. The van der Waals surface area contributed by atoms with Gasteiger partial charge in [0.05, 0.1) is 18.2 Å². The van der Waals surface area contributed by atoms with E-state index in [9.17, 15) is 14.7 Å². The van der Waals surface area contributed by atoms with Crippen molar-refractivity contribution in [3.63, 3.8) is 0 Å². The predicted octanol–water partition coefficient (Wildman–Crippen LogP) is 3.89. The van der Waals surface area contributed by atoms with Crippen LogP contribution in [0.25, 0.3) is 0 Å². The molecule has 0 unspecified atom stereocenters. The Bertz CT molecular complexity index is 1080. The van der Waals surface area contributed by atoms with Crippen LogP contribution in [0.1, 0.15) is 61.9 Å². The summed E-state index contributed by atoms with van der Waals surface area (Å²) in [4.78, 5) is 34.3. The van der Waals surface area contributed by atoms with Crippen molar-refractivity contribution in [3.8, 4) is 5.75 Å². The number of ether oxygens (including phenoxy) is 1. The van der Waals surface area contributed by atoms with Gasteiger partial charge in [0.2, 0.25) is 0 Å². The molecule has 9 heteroatoms. The number of rotatable bonds is 8. The Hall–Kier alpha value is -3.17. The number of hydrogen-bond acceptors (Lipinski definition) is 6. The van der Waals surface area contributed by atoms with Crippen molar-refractivity contribution in [1.82, 2.24) is 20.1 Å². The molecule has 1 fully saturated rings. The SMILES string of the molecule is C[C@@H]1CN([C@H](C)CO)C(=O)c2cc(NC(=O)NC3CCCCC3)ccc2O[C@H]1CN(C)Cc1ccncc1. The van der Waals surface area contributed by atoms with E-state index in [1.54, 1.807) is 35.5 Å². The van der Waals surface area contributed by atoms with Crippen molar-refractivity contribution in [2.45, 2.75) is 70.7 Å². The normalized spacial score (nSPS) is 21.2. The molecule has 2 aliphatic rings. The van der Waals surface area contributed by atoms with Gasteiger partial charge in [0.25, 0.3) is 5.91 Å². The molecule has 38 heavy (non-hydrogen) atoms. The van der Waals surface area contributed by atoms with Gasteiger partial charge in [-0.15, -0.1) is 0 Å². The highest BCUT2D eigenvalue weighted by Crippen LogP contribution is 2.31. The van der Waals surface area contributed by atoms with Crippen molar-refractivity contribution in [2.24, 2.45) is 5.92 Å². The van der Waals surface area contributed by atoms with E-state index in [4.69, 9.17) is 4.74 Å². The van der Waals surface area contributed by atoms with Gasteiger partial charge in [-0.3, -0.25) is 14.7 Å². The molecule has 1 aliphatic heterocycles. The molecule has 1 saturated carbocycles. The number of carbonyl (C=O) groups excluding carboxylic acids is 2. The van der Waals surface area contributed by atoms with Crippen LogP contribution in [0.5, 0.6) is 5.75 Å². The molecule has 4 rings (SSSR count). The Balaban J connectivity index is 1.53. The van der Waals surface area contributed by atoms with Gasteiger partial charge < -0.3 is 25.4 Å². The van der Waals surface area contributed by atoms with Crippen molar-refractivity contribution in [2.75, 3.05) is 32.1 Å². The largest absolute Gasteiger partial charge is 0.488 e. The first-order valence-electron chi connectivity index (χ1n) is 13.7. The Morgan fingerprint density at radius 1 is 1.21 bits per heavy atom. The maximum absolute atomic E-state index is 13.7. The molecule has 3 atom stereocenters. The molecule has 2 aromatic rings. The van der Waals surface area contributed by atoms with Gasteiger partial charge >= 0.3 is 6.03 Å².